The van der Waals surface area contributed by atoms with Crippen LogP contribution < -0.4 is 10.2 Å². The van der Waals surface area contributed by atoms with Gasteiger partial charge >= 0.3 is 0 Å². The number of nitrogens with zero attached hydrogens (tertiary/aromatic N) is 3. The Bertz CT molecular complexity index is 329. The first-order valence-electron chi connectivity index (χ1n) is 7.43. The van der Waals surface area contributed by atoms with Crippen molar-refractivity contribution in [3.8, 4) is 0 Å². The van der Waals surface area contributed by atoms with Crippen LogP contribution in [0.4, 0.5) is 5.82 Å². The van der Waals surface area contributed by atoms with E-state index in [1.54, 1.807) is 0 Å². The van der Waals surface area contributed by atoms with E-state index in [1.165, 1.54) is 0 Å². The van der Waals surface area contributed by atoms with Gasteiger partial charge in [0.1, 0.15) is 5.82 Å². The van der Waals surface area contributed by atoms with Crippen LogP contribution in [0, 0.1) is 5.92 Å². The lowest BCUT2D eigenvalue weighted by molar-refractivity contribution is 0.547. The fourth-order valence-corrected chi connectivity index (χ4v) is 1.97. The van der Waals surface area contributed by atoms with Gasteiger partial charge in [0.25, 0.3) is 0 Å². The molecular weight excluding hydrogens is 236 g/mol. The predicted octanol–water partition coefficient (Wildman–Crippen LogP) is 2.85. The van der Waals surface area contributed by atoms with Crippen LogP contribution in [-0.2, 0) is 6.54 Å². The third-order valence-corrected chi connectivity index (χ3v) is 2.86. The van der Waals surface area contributed by atoms with Crippen molar-refractivity contribution < 1.29 is 0 Å². The van der Waals surface area contributed by atoms with Gasteiger partial charge in [0, 0.05) is 19.6 Å². The van der Waals surface area contributed by atoms with Crippen LogP contribution >= 0.6 is 0 Å². The van der Waals surface area contributed by atoms with Crippen molar-refractivity contribution in [2.75, 3.05) is 24.5 Å². The van der Waals surface area contributed by atoms with Crippen LogP contribution in [-0.4, -0.2) is 29.6 Å². The zero-order valence-corrected chi connectivity index (χ0v) is 12.8. The molecule has 0 aliphatic rings. The third-order valence-electron chi connectivity index (χ3n) is 2.86. The molecule has 1 heterocycles. The van der Waals surface area contributed by atoms with Crippen LogP contribution in [0.2, 0.25) is 0 Å². The van der Waals surface area contributed by atoms with Crippen molar-refractivity contribution in [2.45, 2.75) is 47.1 Å². The number of anilines is 1. The second kappa shape index (κ2) is 8.86. The average molecular weight is 264 g/mol. The molecule has 19 heavy (non-hydrogen) atoms. The Morgan fingerprint density at radius 2 is 1.79 bits per heavy atom. The van der Waals surface area contributed by atoms with E-state index in [4.69, 9.17) is 0 Å². The van der Waals surface area contributed by atoms with Crippen molar-refractivity contribution in [1.82, 2.24) is 15.3 Å². The maximum absolute atomic E-state index is 4.54. The van der Waals surface area contributed by atoms with E-state index in [1.807, 2.05) is 12.4 Å². The predicted molar refractivity (Wildman–Crippen MR) is 81.4 cm³/mol. The topological polar surface area (TPSA) is 41.1 Å². The molecule has 0 radical (unpaired) electrons. The van der Waals surface area contributed by atoms with E-state index in [2.05, 4.69) is 47.9 Å². The summed E-state index contributed by atoms with van der Waals surface area (Å²) in [5.74, 6) is 1.66. The summed E-state index contributed by atoms with van der Waals surface area (Å²) in [5.41, 5.74) is 1.01. The first-order valence-corrected chi connectivity index (χ1v) is 7.43. The first kappa shape index (κ1) is 15.9. The van der Waals surface area contributed by atoms with Crippen LogP contribution in [0.3, 0.4) is 0 Å². The summed E-state index contributed by atoms with van der Waals surface area (Å²) in [6, 6.07) is 0. The zero-order valence-electron chi connectivity index (χ0n) is 12.8. The number of nitrogens with one attached hydrogen (secondary N) is 1. The molecule has 0 saturated carbocycles. The number of rotatable bonds is 9. The minimum atomic E-state index is 0.664. The molecule has 0 amide bonds. The fourth-order valence-electron chi connectivity index (χ4n) is 1.97. The second-order valence-corrected chi connectivity index (χ2v) is 5.38. The molecule has 1 aromatic heterocycles. The minimum Gasteiger partial charge on any atom is -0.355 e. The average Bonchev–Trinajstić information content (AvgIpc) is 2.39. The molecule has 1 aromatic rings. The summed E-state index contributed by atoms with van der Waals surface area (Å²) in [7, 11) is 0. The molecule has 108 valence electrons. The standard InChI is InChI=1S/C15H28N4/c1-5-7-19(8-6-2)15-12-17-14(11-18-15)10-16-9-13(3)4/h11-13,16H,5-10H2,1-4H3. The molecule has 4 nitrogen and oxygen atoms in total. The summed E-state index contributed by atoms with van der Waals surface area (Å²) in [6.45, 7) is 12.7. The van der Waals surface area contributed by atoms with E-state index >= 15 is 0 Å². The highest BCUT2D eigenvalue weighted by Crippen LogP contribution is 2.10. The Morgan fingerprint density at radius 3 is 2.26 bits per heavy atom. The van der Waals surface area contributed by atoms with E-state index in [0.717, 1.165) is 50.5 Å². The molecule has 1 N–H and O–H groups in total. The Labute approximate surface area is 117 Å². The largest absolute Gasteiger partial charge is 0.355 e. The van der Waals surface area contributed by atoms with Crippen molar-refractivity contribution in [3.05, 3.63) is 18.1 Å². The molecule has 0 atom stereocenters. The van der Waals surface area contributed by atoms with Crippen LogP contribution in [0.15, 0.2) is 12.4 Å². The first-order chi connectivity index (χ1) is 9.17. The van der Waals surface area contributed by atoms with Gasteiger partial charge in [-0.05, 0) is 25.3 Å². The molecule has 1 rings (SSSR count). The lowest BCUT2D eigenvalue weighted by Crippen LogP contribution is -2.26. The monoisotopic (exact) mass is 264 g/mol. The van der Waals surface area contributed by atoms with Crippen molar-refractivity contribution in [3.63, 3.8) is 0 Å². The minimum absolute atomic E-state index is 0.664. The van der Waals surface area contributed by atoms with Gasteiger partial charge < -0.3 is 10.2 Å². The maximum atomic E-state index is 4.54. The van der Waals surface area contributed by atoms with E-state index < -0.39 is 0 Å². The Balaban J connectivity index is 2.53. The van der Waals surface area contributed by atoms with Crippen LogP contribution in [0.25, 0.3) is 0 Å². The third kappa shape index (κ3) is 6.01. The maximum Gasteiger partial charge on any atom is 0.147 e. The van der Waals surface area contributed by atoms with Gasteiger partial charge in [-0.15, -0.1) is 0 Å². The molecule has 0 aliphatic heterocycles. The molecule has 0 fully saturated rings. The summed E-state index contributed by atoms with van der Waals surface area (Å²) < 4.78 is 0. The van der Waals surface area contributed by atoms with E-state index in [0.29, 0.717) is 5.92 Å². The number of aromatic nitrogens is 2. The highest BCUT2D eigenvalue weighted by molar-refractivity contribution is 5.35. The fraction of sp³-hybridized carbons (Fsp3) is 0.733. The SMILES string of the molecule is CCCN(CCC)c1cnc(CNCC(C)C)cn1. The van der Waals surface area contributed by atoms with Gasteiger partial charge in [0.2, 0.25) is 0 Å². The summed E-state index contributed by atoms with van der Waals surface area (Å²) in [4.78, 5) is 11.3. The highest BCUT2D eigenvalue weighted by Gasteiger charge is 2.06. The van der Waals surface area contributed by atoms with Crippen molar-refractivity contribution >= 4 is 5.82 Å². The molecular formula is C15H28N4. The van der Waals surface area contributed by atoms with Gasteiger partial charge in [0.15, 0.2) is 0 Å². The summed E-state index contributed by atoms with van der Waals surface area (Å²) in [5, 5.41) is 3.38. The Morgan fingerprint density at radius 1 is 1.11 bits per heavy atom. The summed E-state index contributed by atoms with van der Waals surface area (Å²) in [6.07, 6.45) is 6.07. The second-order valence-electron chi connectivity index (χ2n) is 5.38. The smallest absolute Gasteiger partial charge is 0.147 e. The molecule has 0 aromatic carbocycles. The highest BCUT2D eigenvalue weighted by atomic mass is 15.2. The molecule has 0 spiro atoms. The molecule has 0 bridgehead atoms. The van der Waals surface area contributed by atoms with Gasteiger partial charge in [-0.3, -0.25) is 4.98 Å². The Hall–Kier alpha value is -1.16. The van der Waals surface area contributed by atoms with Crippen LogP contribution in [0.1, 0.15) is 46.2 Å². The summed E-state index contributed by atoms with van der Waals surface area (Å²) >= 11 is 0. The van der Waals surface area contributed by atoms with Gasteiger partial charge in [-0.1, -0.05) is 27.7 Å². The normalized spacial score (nSPS) is 11.0. The van der Waals surface area contributed by atoms with E-state index in [9.17, 15) is 0 Å². The number of hydrogen-bond acceptors (Lipinski definition) is 4. The van der Waals surface area contributed by atoms with Gasteiger partial charge in [-0.2, -0.15) is 0 Å². The Kier molecular flexibility index (Phi) is 7.41. The van der Waals surface area contributed by atoms with Crippen LogP contribution in [0.5, 0.6) is 0 Å². The lowest BCUT2D eigenvalue weighted by Gasteiger charge is -2.22. The molecule has 4 heteroatoms. The molecule has 0 aliphatic carbocycles. The molecule has 0 saturated heterocycles. The van der Waals surface area contributed by atoms with Gasteiger partial charge in [0.05, 0.1) is 18.1 Å². The van der Waals surface area contributed by atoms with E-state index in [-0.39, 0.29) is 0 Å². The lowest BCUT2D eigenvalue weighted by atomic mass is 10.2. The van der Waals surface area contributed by atoms with Crippen molar-refractivity contribution in [2.24, 2.45) is 5.92 Å². The van der Waals surface area contributed by atoms with Gasteiger partial charge in [-0.25, -0.2) is 4.98 Å². The zero-order chi connectivity index (χ0) is 14.1. The number of hydrogen-bond donors (Lipinski definition) is 1. The molecule has 0 unspecified atom stereocenters. The quantitative estimate of drug-likeness (QED) is 0.744. The van der Waals surface area contributed by atoms with Crippen molar-refractivity contribution in [1.29, 1.82) is 0 Å².